The second-order valence-corrected chi connectivity index (χ2v) is 8.00. The molecule has 4 aromatic rings. The van der Waals surface area contributed by atoms with Gasteiger partial charge in [0.25, 0.3) is 0 Å². The molecule has 0 atom stereocenters. The fourth-order valence-electron chi connectivity index (χ4n) is 3.23. The van der Waals surface area contributed by atoms with Crippen LogP contribution in [0.15, 0.2) is 78.0 Å². The van der Waals surface area contributed by atoms with E-state index in [2.05, 4.69) is 10.2 Å². The highest BCUT2D eigenvalue weighted by atomic mass is 32.2. The van der Waals surface area contributed by atoms with Gasteiger partial charge in [0.2, 0.25) is 0 Å². The van der Waals surface area contributed by atoms with Crippen molar-refractivity contribution in [2.75, 3.05) is 14.2 Å². The number of thioether (sulfide) groups is 1. The number of benzene rings is 3. The number of ether oxygens (including phenoxy) is 2. The Kier molecular flexibility index (Phi) is 6.60. The third-order valence-corrected chi connectivity index (χ3v) is 5.91. The number of alkyl halides is 3. The van der Waals surface area contributed by atoms with Gasteiger partial charge in [0.05, 0.1) is 19.8 Å². The number of methoxy groups -OCH3 is 2. The van der Waals surface area contributed by atoms with Gasteiger partial charge in [0.15, 0.2) is 11.0 Å². The van der Waals surface area contributed by atoms with Crippen LogP contribution in [0.1, 0.15) is 11.1 Å². The molecule has 0 aliphatic carbocycles. The van der Waals surface area contributed by atoms with Crippen LogP contribution in [-0.2, 0) is 11.9 Å². The zero-order chi connectivity index (χ0) is 23.4. The van der Waals surface area contributed by atoms with Crippen LogP contribution in [-0.4, -0.2) is 29.0 Å². The maximum atomic E-state index is 12.8. The molecular weight excluding hydrogens is 451 g/mol. The van der Waals surface area contributed by atoms with Gasteiger partial charge in [-0.25, -0.2) is 0 Å². The first-order valence-electron chi connectivity index (χ1n) is 9.92. The van der Waals surface area contributed by atoms with Crippen LogP contribution in [0.5, 0.6) is 11.5 Å². The largest absolute Gasteiger partial charge is 0.497 e. The smallest absolute Gasteiger partial charge is 0.416 e. The summed E-state index contributed by atoms with van der Waals surface area (Å²) in [6, 6.07) is 20.2. The summed E-state index contributed by atoms with van der Waals surface area (Å²) in [6.45, 7) is 0. The molecule has 0 unspecified atom stereocenters. The summed E-state index contributed by atoms with van der Waals surface area (Å²) < 4.78 is 51.2. The van der Waals surface area contributed by atoms with Crippen molar-refractivity contribution in [3.05, 3.63) is 83.9 Å². The first-order chi connectivity index (χ1) is 15.9. The van der Waals surface area contributed by atoms with E-state index >= 15 is 0 Å². The second-order valence-electron chi connectivity index (χ2n) is 7.06. The van der Waals surface area contributed by atoms with Gasteiger partial charge in [-0.3, -0.25) is 4.57 Å². The van der Waals surface area contributed by atoms with Gasteiger partial charge in [-0.1, -0.05) is 42.1 Å². The summed E-state index contributed by atoms with van der Waals surface area (Å²) >= 11 is 1.39. The molecule has 0 saturated carbocycles. The molecule has 33 heavy (non-hydrogen) atoms. The molecule has 4 rings (SSSR count). The van der Waals surface area contributed by atoms with E-state index in [1.807, 2.05) is 47.0 Å². The predicted octanol–water partition coefficient (Wildman–Crippen LogP) is 6.26. The van der Waals surface area contributed by atoms with Crippen molar-refractivity contribution in [2.45, 2.75) is 17.1 Å². The van der Waals surface area contributed by atoms with Crippen molar-refractivity contribution >= 4 is 11.8 Å². The molecular formula is C24H20F3N3O2S. The molecule has 1 aromatic heterocycles. The zero-order valence-corrected chi connectivity index (χ0v) is 18.7. The lowest BCUT2D eigenvalue weighted by Gasteiger charge is -2.12. The van der Waals surface area contributed by atoms with E-state index < -0.39 is 11.7 Å². The molecule has 0 aliphatic heterocycles. The van der Waals surface area contributed by atoms with Crippen LogP contribution in [0.4, 0.5) is 13.2 Å². The summed E-state index contributed by atoms with van der Waals surface area (Å²) in [6.07, 6.45) is -4.36. The summed E-state index contributed by atoms with van der Waals surface area (Å²) in [7, 11) is 3.15. The van der Waals surface area contributed by atoms with Crippen molar-refractivity contribution in [1.82, 2.24) is 14.8 Å². The van der Waals surface area contributed by atoms with E-state index in [0.717, 1.165) is 28.9 Å². The molecule has 170 valence electrons. The van der Waals surface area contributed by atoms with E-state index in [0.29, 0.717) is 28.2 Å². The third-order valence-electron chi connectivity index (χ3n) is 4.91. The van der Waals surface area contributed by atoms with Crippen LogP contribution in [0.2, 0.25) is 0 Å². The SMILES string of the molecule is COc1cc(OC)cc(-c2nnc(SCc3ccc(C(F)(F)F)cc3)n2-c2ccccc2)c1. The minimum Gasteiger partial charge on any atom is -0.497 e. The lowest BCUT2D eigenvalue weighted by Crippen LogP contribution is -2.04. The molecule has 5 nitrogen and oxygen atoms in total. The van der Waals surface area contributed by atoms with Gasteiger partial charge in [0, 0.05) is 23.1 Å². The van der Waals surface area contributed by atoms with Gasteiger partial charge in [-0.15, -0.1) is 10.2 Å². The van der Waals surface area contributed by atoms with Gasteiger partial charge in [-0.2, -0.15) is 13.2 Å². The molecule has 0 saturated heterocycles. The predicted molar refractivity (Wildman–Crippen MR) is 121 cm³/mol. The van der Waals surface area contributed by atoms with Crippen LogP contribution < -0.4 is 9.47 Å². The normalized spacial score (nSPS) is 11.4. The number of nitrogens with zero attached hydrogens (tertiary/aromatic N) is 3. The van der Waals surface area contributed by atoms with Gasteiger partial charge in [0.1, 0.15) is 11.5 Å². The number of para-hydroxylation sites is 1. The summed E-state index contributed by atoms with van der Waals surface area (Å²) in [4.78, 5) is 0. The molecule has 1 heterocycles. The molecule has 0 amide bonds. The lowest BCUT2D eigenvalue weighted by atomic mass is 10.1. The van der Waals surface area contributed by atoms with Crippen LogP contribution >= 0.6 is 11.8 Å². The van der Waals surface area contributed by atoms with Crippen molar-refractivity contribution < 1.29 is 22.6 Å². The quantitative estimate of drug-likeness (QED) is 0.298. The van der Waals surface area contributed by atoms with E-state index in [1.165, 1.54) is 23.9 Å². The second kappa shape index (κ2) is 9.58. The molecule has 0 fully saturated rings. The minimum atomic E-state index is -4.36. The molecule has 3 aromatic carbocycles. The van der Waals surface area contributed by atoms with Crippen LogP contribution in [0, 0.1) is 0 Å². The highest BCUT2D eigenvalue weighted by molar-refractivity contribution is 7.98. The summed E-state index contributed by atoms with van der Waals surface area (Å²) in [5, 5.41) is 9.38. The highest BCUT2D eigenvalue weighted by Crippen LogP contribution is 2.34. The monoisotopic (exact) mass is 471 g/mol. The standard InChI is InChI=1S/C24H20F3N3O2S/c1-31-20-12-17(13-21(14-20)32-2)22-28-29-23(30(22)19-6-4-3-5-7-19)33-15-16-8-10-18(11-9-16)24(25,26)27/h3-14H,15H2,1-2H3. The number of aromatic nitrogens is 3. The van der Waals surface area contributed by atoms with E-state index in [1.54, 1.807) is 20.3 Å². The molecule has 0 bridgehead atoms. The van der Waals surface area contributed by atoms with Crippen LogP contribution in [0.25, 0.3) is 17.1 Å². The van der Waals surface area contributed by atoms with E-state index in [9.17, 15) is 13.2 Å². The van der Waals surface area contributed by atoms with Crippen molar-refractivity contribution in [3.8, 4) is 28.6 Å². The summed E-state index contributed by atoms with van der Waals surface area (Å²) in [5.41, 5.74) is 1.69. The van der Waals surface area contributed by atoms with Gasteiger partial charge in [-0.05, 0) is 42.0 Å². The molecule has 0 spiro atoms. The topological polar surface area (TPSA) is 49.2 Å². The fraction of sp³-hybridized carbons (Fsp3) is 0.167. The number of hydrogen-bond donors (Lipinski definition) is 0. The maximum Gasteiger partial charge on any atom is 0.416 e. The average molecular weight is 472 g/mol. The van der Waals surface area contributed by atoms with Crippen molar-refractivity contribution in [3.63, 3.8) is 0 Å². The zero-order valence-electron chi connectivity index (χ0n) is 17.8. The molecule has 0 N–H and O–H groups in total. The average Bonchev–Trinajstić information content (AvgIpc) is 3.26. The molecule has 0 aliphatic rings. The Balaban J connectivity index is 1.69. The fourth-order valence-corrected chi connectivity index (χ4v) is 4.14. The number of hydrogen-bond acceptors (Lipinski definition) is 5. The lowest BCUT2D eigenvalue weighted by molar-refractivity contribution is -0.137. The summed E-state index contributed by atoms with van der Waals surface area (Å²) in [5.74, 6) is 2.26. The Bertz CT molecular complexity index is 1200. The highest BCUT2D eigenvalue weighted by Gasteiger charge is 2.30. The molecule has 0 radical (unpaired) electrons. The third kappa shape index (κ3) is 5.14. The Morgan fingerprint density at radius 3 is 2.06 bits per heavy atom. The minimum absolute atomic E-state index is 0.435. The van der Waals surface area contributed by atoms with Gasteiger partial charge >= 0.3 is 6.18 Å². The Morgan fingerprint density at radius 2 is 1.48 bits per heavy atom. The van der Waals surface area contributed by atoms with Crippen molar-refractivity contribution in [1.29, 1.82) is 0 Å². The van der Waals surface area contributed by atoms with Crippen LogP contribution in [0.3, 0.4) is 0 Å². The number of rotatable bonds is 7. The van der Waals surface area contributed by atoms with E-state index in [-0.39, 0.29) is 0 Å². The van der Waals surface area contributed by atoms with Crippen molar-refractivity contribution in [2.24, 2.45) is 0 Å². The Hall–Kier alpha value is -3.46. The number of halogens is 3. The Labute approximate surface area is 193 Å². The first kappa shape index (κ1) is 22.7. The first-order valence-corrected chi connectivity index (χ1v) is 10.9. The molecule has 9 heteroatoms. The van der Waals surface area contributed by atoms with E-state index in [4.69, 9.17) is 9.47 Å². The maximum absolute atomic E-state index is 12.8. The Morgan fingerprint density at radius 1 is 0.848 bits per heavy atom. The van der Waals surface area contributed by atoms with Gasteiger partial charge < -0.3 is 9.47 Å².